The number of fused-ring (bicyclic) bond motifs is 1. The largest absolute Gasteiger partial charge is 0.410 e. The van der Waals surface area contributed by atoms with Crippen molar-refractivity contribution in [2.75, 3.05) is 0 Å². The first-order valence-corrected chi connectivity index (χ1v) is 5.71. The van der Waals surface area contributed by atoms with E-state index in [-0.39, 0.29) is 16.2 Å². The van der Waals surface area contributed by atoms with Crippen LogP contribution in [0.5, 0.6) is 5.75 Å². The van der Waals surface area contributed by atoms with E-state index in [4.69, 9.17) is 17.3 Å². The fourth-order valence-corrected chi connectivity index (χ4v) is 2.31. The van der Waals surface area contributed by atoms with Crippen LogP contribution in [0.25, 0.3) is 10.8 Å². The first kappa shape index (κ1) is 12.1. The highest BCUT2D eigenvalue weighted by molar-refractivity contribution is 9.10. The summed E-state index contributed by atoms with van der Waals surface area (Å²) in [7, 11) is 0. The topological polar surface area (TPSA) is 52.3 Å². The Morgan fingerprint density at radius 1 is 1.47 bits per heavy atom. The van der Waals surface area contributed by atoms with Gasteiger partial charge in [-0.3, -0.25) is 0 Å². The van der Waals surface area contributed by atoms with Crippen molar-refractivity contribution in [3.63, 3.8) is 0 Å². The van der Waals surface area contributed by atoms with Gasteiger partial charge in [0.2, 0.25) is 0 Å². The number of carbonyl (C=O) groups excluding carboxylic acids is 1. The van der Waals surface area contributed by atoms with Crippen LogP contribution in [0.15, 0.2) is 28.7 Å². The summed E-state index contributed by atoms with van der Waals surface area (Å²) in [5.41, 5.74) is 4.89. The van der Waals surface area contributed by atoms with E-state index in [0.29, 0.717) is 9.86 Å². The van der Waals surface area contributed by atoms with Crippen molar-refractivity contribution in [1.82, 2.24) is 0 Å². The van der Waals surface area contributed by atoms with E-state index in [1.165, 1.54) is 0 Å². The number of rotatable bonds is 1. The molecule has 0 aromatic heterocycles. The third-order valence-corrected chi connectivity index (χ3v) is 3.31. The van der Waals surface area contributed by atoms with Crippen LogP contribution >= 0.6 is 27.5 Å². The van der Waals surface area contributed by atoms with Gasteiger partial charge in [-0.25, -0.2) is 9.18 Å². The maximum atomic E-state index is 13.8. The van der Waals surface area contributed by atoms with Crippen LogP contribution in [0.3, 0.4) is 0 Å². The number of amides is 1. The van der Waals surface area contributed by atoms with E-state index in [9.17, 15) is 9.18 Å². The second kappa shape index (κ2) is 4.50. The van der Waals surface area contributed by atoms with Gasteiger partial charge in [-0.15, -0.1) is 0 Å². The predicted molar refractivity (Wildman–Crippen MR) is 66.8 cm³/mol. The standard InChI is InChI=1S/C11H6BrClFNO2/c12-10-5-2-1-3-6(13)9(5)7(14)4-8(10)17-11(15)16/h1-4H,(H2,15,16). The van der Waals surface area contributed by atoms with Gasteiger partial charge >= 0.3 is 6.09 Å². The van der Waals surface area contributed by atoms with Crippen LogP contribution in [0, 0.1) is 5.82 Å². The number of hydrogen-bond acceptors (Lipinski definition) is 2. The van der Waals surface area contributed by atoms with Gasteiger partial charge < -0.3 is 10.5 Å². The highest BCUT2D eigenvalue weighted by atomic mass is 79.9. The van der Waals surface area contributed by atoms with Crippen LogP contribution in [0.2, 0.25) is 5.02 Å². The molecule has 0 unspecified atom stereocenters. The van der Waals surface area contributed by atoms with E-state index in [1.54, 1.807) is 18.2 Å². The zero-order valence-electron chi connectivity index (χ0n) is 8.34. The molecule has 0 aliphatic heterocycles. The molecule has 2 N–H and O–H groups in total. The molecule has 2 aromatic carbocycles. The van der Waals surface area contributed by atoms with E-state index in [0.717, 1.165) is 6.07 Å². The van der Waals surface area contributed by atoms with Crippen LogP contribution in [0.4, 0.5) is 9.18 Å². The molecular weight excluding hydrogens is 312 g/mol. The van der Waals surface area contributed by atoms with Gasteiger partial charge in [-0.2, -0.15) is 0 Å². The normalized spacial score (nSPS) is 10.5. The molecule has 0 atom stereocenters. The molecule has 1 amide bonds. The van der Waals surface area contributed by atoms with Crippen molar-refractivity contribution in [1.29, 1.82) is 0 Å². The molecule has 6 heteroatoms. The van der Waals surface area contributed by atoms with Gasteiger partial charge in [-0.1, -0.05) is 23.7 Å². The molecular formula is C11H6BrClFNO2. The molecule has 3 nitrogen and oxygen atoms in total. The van der Waals surface area contributed by atoms with Gasteiger partial charge in [-0.05, 0) is 22.0 Å². The second-order valence-corrected chi connectivity index (χ2v) is 4.45. The predicted octanol–water partition coefficient (Wildman–Crippen LogP) is 3.85. The van der Waals surface area contributed by atoms with Crippen molar-refractivity contribution in [3.8, 4) is 5.75 Å². The number of nitrogens with two attached hydrogens (primary N) is 1. The summed E-state index contributed by atoms with van der Waals surface area (Å²) in [6.07, 6.45) is -1.01. The second-order valence-electron chi connectivity index (χ2n) is 3.25. The fraction of sp³-hybridized carbons (Fsp3) is 0. The lowest BCUT2D eigenvalue weighted by Crippen LogP contribution is -2.16. The van der Waals surface area contributed by atoms with Crippen molar-refractivity contribution in [2.24, 2.45) is 5.73 Å². The molecule has 2 aromatic rings. The Balaban J connectivity index is 2.76. The maximum Gasteiger partial charge on any atom is 0.410 e. The Hall–Kier alpha value is -1.33. The van der Waals surface area contributed by atoms with Gasteiger partial charge in [0.1, 0.15) is 5.82 Å². The Bertz CT molecular complexity index is 618. The molecule has 0 saturated carbocycles. The third kappa shape index (κ3) is 2.21. The van der Waals surface area contributed by atoms with Crippen molar-refractivity contribution in [3.05, 3.63) is 39.6 Å². The minimum absolute atomic E-state index is 0.0183. The third-order valence-electron chi connectivity index (χ3n) is 2.17. The van der Waals surface area contributed by atoms with Crippen LogP contribution in [-0.2, 0) is 0 Å². The van der Waals surface area contributed by atoms with Crippen LogP contribution in [0.1, 0.15) is 0 Å². The van der Waals surface area contributed by atoms with E-state index in [1.807, 2.05) is 0 Å². The zero-order valence-corrected chi connectivity index (χ0v) is 10.7. The number of primary amides is 1. The summed E-state index contributed by atoms with van der Waals surface area (Å²) >= 11 is 9.12. The minimum atomic E-state index is -1.01. The molecule has 0 fully saturated rings. The number of hydrogen-bond donors (Lipinski definition) is 1. The summed E-state index contributed by atoms with van der Waals surface area (Å²) in [4.78, 5) is 10.7. The Morgan fingerprint density at radius 3 is 2.82 bits per heavy atom. The molecule has 88 valence electrons. The van der Waals surface area contributed by atoms with Crippen molar-refractivity contribution in [2.45, 2.75) is 0 Å². The summed E-state index contributed by atoms with van der Waals surface area (Å²) < 4.78 is 18.9. The average Bonchev–Trinajstić information content (AvgIpc) is 2.24. The van der Waals surface area contributed by atoms with Crippen LogP contribution in [-0.4, -0.2) is 6.09 Å². The van der Waals surface area contributed by atoms with Crippen molar-refractivity contribution >= 4 is 44.4 Å². The summed E-state index contributed by atoms with van der Waals surface area (Å²) in [6, 6.07) is 5.96. The first-order valence-electron chi connectivity index (χ1n) is 4.54. The zero-order chi connectivity index (χ0) is 12.6. The first-order chi connectivity index (χ1) is 8.00. The van der Waals surface area contributed by atoms with Crippen molar-refractivity contribution < 1.29 is 13.9 Å². The lowest BCUT2D eigenvalue weighted by molar-refractivity contribution is 0.210. The molecule has 2 rings (SSSR count). The molecule has 17 heavy (non-hydrogen) atoms. The number of benzene rings is 2. The molecule has 0 aliphatic rings. The van der Waals surface area contributed by atoms with E-state index < -0.39 is 11.9 Å². The SMILES string of the molecule is NC(=O)Oc1cc(F)c2c(Cl)cccc2c1Br. The highest BCUT2D eigenvalue weighted by Crippen LogP contribution is 2.37. The summed E-state index contributed by atoms with van der Waals surface area (Å²) in [5.74, 6) is -0.560. The van der Waals surface area contributed by atoms with Gasteiger partial charge in [0, 0.05) is 16.8 Å². The molecule has 0 heterocycles. The van der Waals surface area contributed by atoms with E-state index in [2.05, 4.69) is 20.7 Å². The number of ether oxygens (including phenoxy) is 1. The maximum absolute atomic E-state index is 13.8. The number of carbonyl (C=O) groups is 1. The quantitative estimate of drug-likeness (QED) is 0.868. The fourth-order valence-electron chi connectivity index (χ4n) is 1.52. The molecule has 0 bridgehead atoms. The molecule has 0 radical (unpaired) electrons. The average molecular weight is 319 g/mol. The Morgan fingerprint density at radius 2 is 2.18 bits per heavy atom. The molecule has 0 spiro atoms. The minimum Gasteiger partial charge on any atom is -0.409 e. The monoisotopic (exact) mass is 317 g/mol. The summed E-state index contributed by atoms with van der Waals surface area (Å²) in [5, 5.41) is 1.05. The smallest absolute Gasteiger partial charge is 0.409 e. The van der Waals surface area contributed by atoms with Crippen LogP contribution < -0.4 is 10.5 Å². The summed E-state index contributed by atoms with van der Waals surface area (Å²) in [6.45, 7) is 0. The van der Waals surface area contributed by atoms with Gasteiger partial charge in [0.15, 0.2) is 5.75 Å². The lowest BCUT2D eigenvalue weighted by Gasteiger charge is -2.09. The van der Waals surface area contributed by atoms with E-state index >= 15 is 0 Å². The highest BCUT2D eigenvalue weighted by Gasteiger charge is 2.14. The number of halogens is 3. The van der Waals surface area contributed by atoms with Gasteiger partial charge in [0.25, 0.3) is 0 Å². The Labute approximate surface area is 109 Å². The lowest BCUT2D eigenvalue weighted by atomic mass is 10.1. The molecule has 0 saturated heterocycles. The van der Waals surface area contributed by atoms with Gasteiger partial charge in [0.05, 0.1) is 9.50 Å². The Kier molecular flexibility index (Phi) is 3.22. The molecule has 0 aliphatic carbocycles.